The molecule has 0 aliphatic carbocycles. The van der Waals surface area contributed by atoms with Crippen LogP contribution in [-0.2, 0) is 4.79 Å². The van der Waals surface area contributed by atoms with Gasteiger partial charge in [0.15, 0.2) is 23.2 Å². The van der Waals surface area contributed by atoms with E-state index >= 15 is 0 Å². The van der Waals surface area contributed by atoms with Crippen LogP contribution in [0.15, 0.2) is 65.1 Å². The standard InChI is InChI=1S/C19H24FN5O2.C3H8S/c1-5-14-12-17(27-16-9-7-6-8-15(16)20)19(26)25(21)18(14)23-13(2)22-10-11-24(3)4;1-2-3-4/h5-9,12,22H,2,10-11,21H2,1,3-4H3;4H,2-3H2,1H3/b14-5-,23-18+;. The lowest BCUT2D eigenvalue weighted by atomic mass is 10.1. The van der Waals surface area contributed by atoms with Gasteiger partial charge in [0.2, 0.25) is 0 Å². The summed E-state index contributed by atoms with van der Waals surface area (Å²) in [7, 11) is 3.91. The molecule has 1 aromatic rings. The normalized spacial score (nSPS) is 16.2. The molecule has 0 aromatic heterocycles. The molecule has 0 bridgehead atoms. The quantitative estimate of drug-likeness (QED) is 0.323. The summed E-state index contributed by atoms with van der Waals surface area (Å²) in [6.45, 7) is 9.15. The molecule has 9 heteroatoms. The number of hydrazine groups is 1. The predicted octanol–water partition coefficient (Wildman–Crippen LogP) is 3.10. The van der Waals surface area contributed by atoms with Gasteiger partial charge in [-0.15, -0.1) is 0 Å². The van der Waals surface area contributed by atoms with Crippen LogP contribution in [0.1, 0.15) is 20.3 Å². The molecular formula is C22H32FN5O2S. The zero-order valence-electron chi connectivity index (χ0n) is 18.6. The number of nitrogens with one attached hydrogen (secondary N) is 1. The van der Waals surface area contributed by atoms with Crippen LogP contribution in [0, 0.1) is 5.82 Å². The maximum atomic E-state index is 13.8. The van der Waals surface area contributed by atoms with Crippen molar-refractivity contribution in [3.63, 3.8) is 0 Å². The Balaban J connectivity index is 0.00000110. The Bertz CT molecular complexity index is 850. The monoisotopic (exact) mass is 449 g/mol. The number of amidine groups is 1. The topological polar surface area (TPSA) is 83.2 Å². The molecule has 1 aliphatic rings. The minimum Gasteiger partial charge on any atom is -0.448 e. The summed E-state index contributed by atoms with van der Waals surface area (Å²) >= 11 is 3.92. The lowest BCUT2D eigenvalue weighted by Gasteiger charge is -2.26. The maximum absolute atomic E-state index is 13.8. The van der Waals surface area contributed by atoms with Gasteiger partial charge < -0.3 is 15.0 Å². The highest BCUT2D eigenvalue weighted by Crippen LogP contribution is 2.23. The Hall–Kier alpha value is -2.62. The number of halogens is 1. The van der Waals surface area contributed by atoms with E-state index in [1.165, 1.54) is 30.7 Å². The molecular weight excluding hydrogens is 417 g/mol. The minimum absolute atomic E-state index is 0.0592. The second-order valence-electron chi connectivity index (χ2n) is 6.80. The number of likely N-dealkylation sites (N-methyl/N-ethyl adjacent to an activating group) is 1. The molecule has 1 aromatic carbocycles. The first-order valence-corrected chi connectivity index (χ1v) is 10.5. The van der Waals surface area contributed by atoms with E-state index in [1.807, 2.05) is 19.0 Å². The molecule has 7 nitrogen and oxygen atoms in total. The van der Waals surface area contributed by atoms with Crippen LogP contribution >= 0.6 is 12.6 Å². The van der Waals surface area contributed by atoms with E-state index < -0.39 is 11.7 Å². The van der Waals surface area contributed by atoms with Gasteiger partial charge in [-0.05, 0) is 51.4 Å². The van der Waals surface area contributed by atoms with Crippen molar-refractivity contribution in [3.8, 4) is 5.75 Å². The van der Waals surface area contributed by atoms with Crippen molar-refractivity contribution < 1.29 is 13.9 Å². The smallest absolute Gasteiger partial charge is 0.309 e. The van der Waals surface area contributed by atoms with Crippen LogP contribution in [0.5, 0.6) is 5.75 Å². The highest BCUT2D eigenvalue weighted by Gasteiger charge is 2.30. The Labute approximate surface area is 189 Å². The number of para-hydroxylation sites is 1. The molecule has 31 heavy (non-hydrogen) atoms. The summed E-state index contributed by atoms with van der Waals surface area (Å²) < 4.78 is 19.2. The fourth-order valence-electron chi connectivity index (χ4n) is 2.26. The fourth-order valence-corrected chi connectivity index (χ4v) is 2.26. The van der Waals surface area contributed by atoms with Gasteiger partial charge in [-0.25, -0.2) is 20.2 Å². The number of hydrogen-bond acceptors (Lipinski definition) is 7. The van der Waals surface area contributed by atoms with E-state index in [4.69, 9.17) is 10.6 Å². The SMILES string of the molecule is C=C(/N=C1\C(=C/C)C=C(Oc2ccccc2F)C(=O)N1N)NCCN(C)C.CCCS. The van der Waals surface area contributed by atoms with E-state index in [0.29, 0.717) is 17.9 Å². The number of aliphatic imine (C=N–C) groups is 1. The average molecular weight is 450 g/mol. The van der Waals surface area contributed by atoms with E-state index in [2.05, 4.69) is 36.4 Å². The Morgan fingerprint density at radius 3 is 2.61 bits per heavy atom. The maximum Gasteiger partial charge on any atom is 0.309 e. The molecule has 1 heterocycles. The van der Waals surface area contributed by atoms with Gasteiger partial charge >= 0.3 is 5.91 Å². The fraction of sp³-hybridized carbons (Fsp3) is 0.364. The summed E-state index contributed by atoms with van der Waals surface area (Å²) in [4.78, 5) is 18.8. The summed E-state index contributed by atoms with van der Waals surface area (Å²) in [6, 6.07) is 5.82. The van der Waals surface area contributed by atoms with Crippen molar-refractivity contribution in [2.45, 2.75) is 20.3 Å². The Morgan fingerprint density at radius 1 is 1.42 bits per heavy atom. The number of allylic oxidation sites excluding steroid dienone is 1. The van der Waals surface area contributed by atoms with Crippen LogP contribution in [0.3, 0.4) is 0 Å². The van der Waals surface area contributed by atoms with Crippen LogP contribution in [0.25, 0.3) is 0 Å². The number of benzene rings is 1. The molecule has 170 valence electrons. The van der Waals surface area contributed by atoms with E-state index in [-0.39, 0.29) is 17.3 Å². The number of carbonyl (C=O) groups excluding carboxylic acids is 1. The Kier molecular flexibility index (Phi) is 11.6. The van der Waals surface area contributed by atoms with Gasteiger partial charge in [0.1, 0.15) is 5.82 Å². The summed E-state index contributed by atoms with van der Waals surface area (Å²) in [6.07, 6.45) is 4.39. The van der Waals surface area contributed by atoms with Crippen LogP contribution < -0.4 is 15.9 Å². The molecule has 3 N–H and O–H groups in total. The second-order valence-corrected chi connectivity index (χ2v) is 7.24. The molecule has 0 unspecified atom stereocenters. The molecule has 0 saturated heterocycles. The largest absolute Gasteiger partial charge is 0.448 e. The predicted molar refractivity (Wildman–Crippen MR) is 127 cm³/mol. The molecule has 2 rings (SSSR count). The lowest BCUT2D eigenvalue weighted by molar-refractivity contribution is -0.126. The minimum atomic E-state index is -0.635. The zero-order valence-corrected chi connectivity index (χ0v) is 19.5. The van der Waals surface area contributed by atoms with Crippen molar-refractivity contribution in [1.82, 2.24) is 15.2 Å². The lowest BCUT2D eigenvalue weighted by Crippen LogP contribution is -2.47. The number of hydrogen-bond donors (Lipinski definition) is 3. The Morgan fingerprint density at radius 2 is 2.06 bits per heavy atom. The second kappa shape index (κ2) is 13.6. The zero-order chi connectivity index (χ0) is 23.4. The third kappa shape index (κ3) is 8.56. The first-order chi connectivity index (χ1) is 14.7. The van der Waals surface area contributed by atoms with E-state index in [9.17, 15) is 9.18 Å². The van der Waals surface area contributed by atoms with Gasteiger partial charge in [0.25, 0.3) is 0 Å². The summed E-state index contributed by atoms with van der Waals surface area (Å²) in [5.74, 6) is 6.17. The van der Waals surface area contributed by atoms with Gasteiger partial charge in [0.05, 0.1) is 0 Å². The molecule has 0 atom stereocenters. The molecule has 1 aliphatic heterocycles. The van der Waals surface area contributed by atoms with Crippen molar-refractivity contribution in [2.75, 3.05) is 32.9 Å². The third-order valence-corrected chi connectivity index (χ3v) is 4.37. The van der Waals surface area contributed by atoms with E-state index in [1.54, 1.807) is 19.1 Å². The first-order valence-electron chi connectivity index (χ1n) is 9.92. The van der Waals surface area contributed by atoms with Gasteiger partial charge in [-0.1, -0.05) is 31.7 Å². The molecule has 0 saturated carbocycles. The highest BCUT2D eigenvalue weighted by atomic mass is 32.1. The van der Waals surface area contributed by atoms with Gasteiger partial charge in [-0.2, -0.15) is 12.6 Å². The molecule has 1 amide bonds. The summed E-state index contributed by atoms with van der Waals surface area (Å²) in [5.41, 5.74) is 0.555. The van der Waals surface area contributed by atoms with Crippen molar-refractivity contribution in [3.05, 3.63) is 66.0 Å². The molecule has 0 fully saturated rings. The number of nitrogens with two attached hydrogens (primary N) is 1. The first kappa shape index (κ1) is 26.4. The average Bonchev–Trinajstić information content (AvgIpc) is 2.74. The van der Waals surface area contributed by atoms with Crippen LogP contribution in [0.2, 0.25) is 0 Å². The van der Waals surface area contributed by atoms with Gasteiger partial charge in [-0.3, -0.25) is 4.79 Å². The van der Waals surface area contributed by atoms with Crippen molar-refractivity contribution in [1.29, 1.82) is 0 Å². The number of carbonyl (C=O) groups is 1. The van der Waals surface area contributed by atoms with Crippen LogP contribution in [0.4, 0.5) is 4.39 Å². The van der Waals surface area contributed by atoms with Crippen molar-refractivity contribution in [2.24, 2.45) is 10.8 Å². The van der Waals surface area contributed by atoms with E-state index in [0.717, 1.165) is 17.3 Å². The highest BCUT2D eigenvalue weighted by molar-refractivity contribution is 7.80. The molecule has 0 radical (unpaired) electrons. The van der Waals surface area contributed by atoms with Crippen molar-refractivity contribution >= 4 is 24.4 Å². The number of thiol groups is 1. The van der Waals surface area contributed by atoms with Gasteiger partial charge in [0, 0.05) is 18.7 Å². The molecule has 0 spiro atoms. The number of nitrogens with zero attached hydrogens (tertiary/aromatic N) is 3. The summed E-state index contributed by atoms with van der Waals surface area (Å²) in [5, 5.41) is 3.92. The third-order valence-electron chi connectivity index (χ3n) is 3.92. The number of rotatable bonds is 8. The number of amides is 1. The number of ether oxygens (including phenoxy) is 1. The van der Waals surface area contributed by atoms with Crippen LogP contribution in [-0.4, -0.2) is 54.6 Å².